The van der Waals surface area contributed by atoms with Crippen LogP contribution in [0.3, 0.4) is 0 Å². The molecule has 1 saturated heterocycles. The molecule has 1 aliphatic rings. The molecule has 1 aliphatic heterocycles. The number of para-hydroxylation sites is 3. The molecule has 8 nitrogen and oxygen atoms in total. The van der Waals surface area contributed by atoms with E-state index in [9.17, 15) is 9.59 Å². The first-order chi connectivity index (χ1) is 18.1. The summed E-state index contributed by atoms with van der Waals surface area (Å²) in [6, 6.07) is 23.6. The Labute approximate surface area is 215 Å². The van der Waals surface area contributed by atoms with Gasteiger partial charge in [-0.1, -0.05) is 30.3 Å². The third kappa shape index (κ3) is 5.92. The minimum Gasteiger partial charge on any atom is -0.492 e. The quantitative estimate of drug-likeness (QED) is 0.292. The Morgan fingerprint density at radius 2 is 1.84 bits per heavy atom. The van der Waals surface area contributed by atoms with Crippen molar-refractivity contribution >= 4 is 34.2 Å². The van der Waals surface area contributed by atoms with E-state index in [0.29, 0.717) is 53.7 Å². The van der Waals surface area contributed by atoms with Crippen LogP contribution in [0.1, 0.15) is 33.8 Å². The van der Waals surface area contributed by atoms with E-state index in [-0.39, 0.29) is 17.9 Å². The maximum atomic E-state index is 13.3. The molecule has 5 rings (SSSR count). The normalized spacial score (nSPS) is 15.0. The third-order valence-electron chi connectivity index (χ3n) is 6.48. The van der Waals surface area contributed by atoms with Gasteiger partial charge in [0.1, 0.15) is 17.9 Å². The zero-order chi connectivity index (χ0) is 25.6. The number of nitrogens with zero attached hydrogens (tertiary/aromatic N) is 1. The molecular formula is C29H30N4O4. The molecular weight excluding hydrogens is 468 g/mol. The number of hydrogen-bond donors (Lipinski definition) is 3. The molecule has 0 spiro atoms. The molecule has 2 heterocycles. The number of carbonyl (C=O) groups excluding carboxylic acids is 2. The summed E-state index contributed by atoms with van der Waals surface area (Å²) in [5.74, 6) is 0.538. The lowest BCUT2D eigenvalue weighted by Crippen LogP contribution is -2.43. The lowest BCUT2D eigenvalue weighted by Gasteiger charge is -2.25. The van der Waals surface area contributed by atoms with Crippen molar-refractivity contribution < 1.29 is 18.7 Å². The summed E-state index contributed by atoms with van der Waals surface area (Å²) in [5.41, 5.74) is 8.17. The first-order valence-electron chi connectivity index (χ1n) is 12.5. The molecule has 190 valence electrons. The van der Waals surface area contributed by atoms with E-state index in [1.165, 1.54) is 0 Å². The number of amides is 2. The number of furan rings is 1. The van der Waals surface area contributed by atoms with Gasteiger partial charge in [0.05, 0.1) is 17.9 Å². The molecule has 4 N–H and O–H groups in total. The Balaban J connectivity index is 1.20. The van der Waals surface area contributed by atoms with Crippen LogP contribution in [-0.4, -0.2) is 49.0 Å². The van der Waals surface area contributed by atoms with Gasteiger partial charge in [0.2, 0.25) is 0 Å². The van der Waals surface area contributed by atoms with E-state index >= 15 is 0 Å². The SMILES string of the molecule is Nc1ccccc1NC(=O)c1ccc(OCCN(CC2CCCN2)C(=O)c2cc3ccccc3o2)cc1. The number of hydrogen-bond acceptors (Lipinski definition) is 6. The minimum atomic E-state index is -0.254. The molecule has 1 atom stereocenters. The van der Waals surface area contributed by atoms with E-state index in [1.54, 1.807) is 47.4 Å². The number of nitrogen functional groups attached to an aromatic ring is 1. The van der Waals surface area contributed by atoms with Gasteiger partial charge in [0, 0.05) is 23.5 Å². The fraction of sp³-hybridized carbons (Fsp3) is 0.241. The summed E-state index contributed by atoms with van der Waals surface area (Å²) in [4.78, 5) is 27.7. The highest BCUT2D eigenvalue weighted by Crippen LogP contribution is 2.22. The Morgan fingerprint density at radius 1 is 1.05 bits per heavy atom. The number of benzene rings is 3. The lowest BCUT2D eigenvalue weighted by molar-refractivity contribution is 0.0685. The minimum absolute atomic E-state index is 0.152. The molecule has 1 unspecified atom stereocenters. The molecule has 4 aromatic rings. The van der Waals surface area contributed by atoms with Crippen LogP contribution in [0, 0.1) is 0 Å². The lowest BCUT2D eigenvalue weighted by atomic mass is 10.2. The highest BCUT2D eigenvalue weighted by molar-refractivity contribution is 6.05. The van der Waals surface area contributed by atoms with Crippen molar-refractivity contribution in [2.45, 2.75) is 18.9 Å². The molecule has 3 aromatic carbocycles. The van der Waals surface area contributed by atoms with Crippen LogP contribution in [0.25, 0.3) is 11.0 Å². The zero-order valence-electron chi connectivity index (χ0n) is 20.5. The molecule has 1 aromatic heterocycles. The monoisotopic (exact) mass is 498 g/mol. The summed E-state index contributed by atoms with van der Waals surface area (Å²) in [5, 5.41) is 7.17. The standard InChI is InChI=1S/C29H30N4O4/c30-24-8-2-3-9-25(24)32-28(34)20-11-13-23(14-12-20)36-17-16-33(19-22-7-5-15-31-22)29(35)27-18-21-6-1-4-10-26(21)37-27/h1-4,6,8-14,18,22,31H,5,7,15-17,19,30H2,(H,32,34). The van der Waals surface area contributed by atoms with Crippen molar-refractivity contribution in [1.82, 2.24) is 10.2 Å². The van der Waals surface area contributed by atoms with Crippen molar-refractivity contribution in [3.8, 4) is 5.75 Å². The van der Waals surface area contributed by atoms with Gasteiger partial charge in [-0.3, -0.25) is 9.59 Å². The van der Waals surface area contributed by atoms with Gasteiger partial charge in [-0.2, -0.15) is 0 Å². The fourth-order valence-electron chi connectivity index (χ4n) is 4.48. The van der Waals surface area contributed by atoms with Crippen molar-refractivity contribution in [1.29, 1.82) is 0 Å². The molecule has 1 fully saturated rings. The number of fused-ring (bicyclic) bond motifs is 1. The Bertz CT molecular complexity index is 1340. The number of rotatable bonds is 9. The number of nitrogens with one attached hydrogen (secondary N) is 2. The molecule has 0 aliphatic carbocycles. The first kappa shape index (κ1) is 24.4. The maximum absolute atomic E-state index is 13.3. The Morgan fingerprint density at radius 3 is 2.59 bits per heavy atom. The second-order valence-corrected chi connectivity index (χ2v) is 9.11. The summed E-state index contributed by atoms with van der Waals surface area (Å²) in [6.45, 7) is 2.26. The second kappa shape index (κ2) is 11.2. The van der Waals surface area contributed by atoms with Gasteiger partial charge in [-0.15, -0.1) is 0 Å². The van der Waals surface area contributed by atoms with Crippen LogP contribution in [0.15, 0.2) is 83.3 Å². The average Bonchev–Trinajstić information content (AvgIpc) is 3.59. The molecule has 2 amide bonds. The van der Waals surface area contributed by atoms with Gasteiger partial charge in [0.25, 0.3) is 11.8 Å². The largest absolute Gasteiger partial charge is 0.492 e. The number of nitrogens with two attached hydrogens (primary N) is 1. The Kier molecular flexibility index (Phi) is 7.37. The van der Waals surface area contributed by atoms with Crippen molar-refractivity contribution in [3.63, 3.8) is 0 Å². The molecule has 0 bridgehead atoms. The van der Waals surface area contributed by atoms with E-state index in [0.717, 1.165) is 24.8 Å². The zero-order valence-corrected chi connectivity index (χ0v) is 20.5. The molecule has 0 saturated carbocycles. The predicted molar refractivity (Wildman–Crippen MR) is 144 cm³/mol. The van der Waals surface area contributed by atoms with Crippen molar-refractivity contribution in [2.75, 3.05) is 37.3 Å². The summed E-state index contributed by atoms with van der Waals surface area (Å²) in [6.07, 6.45) is 2.13. The highest BCUT2D eigenvalue weighted by atomic mass is 16.5. The number of ether oxygens (including phenoxy) is 1. The molecule has 8 heteroatoms. The average molecular weight is 499 g/mol. The topological polar surface area (TPSA) is 110 Å². The molecule has 37 heavy (non-hydrogen) atoms. The predicted octanol–water partition coefficient (Wildman–Crippen LogP) is 4.54. The molecule has 0 radical (unpaired) electrons. The van der Waals surface area contributed by atoms with Crippen molar-refractivity contribution in [3.05, 3.63) is 90.2 Å². The van der Waals surface area contributed by atoms with Crippen LogP contribution >= 0.6 is 0 Å². The van der Waals surface area contributed by atoms with E-state index < -0.39 is 0 Å². The smallest absolute Gasteiger partial charge is 0.289 e. The van der Waals surface area contributed by atoms with Gasteiger partial charge >= 0.3 is 0 Å². The van der Waals surface area contributed by atoms with Crippen LogP contribution in [0.2, 0.25) is 0 Å². The van der Waals surface area contributed by atoms with Gasteiger partial charge < -0.3 is 30.4 Å². The Hall–Kier alpha value is -4.30. The second-order valence-electron chi connectivity index (χ2n) is 9.11. The van der Waals surface area contributed by atoms with E-state index in [4.69, 9.17) is 14.9 Å². The van der Waals surface area contributed by atoms with E-state index in [1.807, 2.05) is 36.4 Å². The van der Waals surface area contributed by atoms with Crippen LogP contribution in [0.5, 0.6) is 5.75 Å². The summed E-state index contributed by atoms with van der Waals surface area (Å²) >= 11 is 0. The van der Waals surface area contributed by atoms with Crippen LogP contribution in [0.4, 0.5) is 11.4 Å². The summed E-state index contributed by atoms with van der Waals surface area (Å²) in [7, 11) is 0. The van der Waals surface area contributed by atoms with Gasteiger partial charge in [-0.25, -0.2) is 0 Å². The van der Waals surface area contributed by atoms with Crippen LogP contribution in [-0.2, 0) is 0 Å². The summed E-state index contributed by atoms with van der Waals surface area (Å²) < 4.78 is 11.7. The number of anilines is 2. The van der Waals surface area contributed by atoms with E-state index in [2.05, 4.69) is 10.6 Å². The first-order valence-corrected chi connectivity index (χ1v) is 12.5. The van der Waals surface area contributed by atoms with Crippen molar-refractivity contribution in [2.24, 2.45) is 0 Å². The van der Waals surface area contributed by atoms with Gasteiger partial charge in [-0.05, 0) is 67.9 Å². The number of carbonyl (C=O) groups is 2. The highest BCUT2D eigenvalue weighted by Gasteiger charge is 2.25. The third-order valence-corrected chi connectivity index (χ3v) is 6.48. The van der Waals surface area contributed by atoms with Crippen LogP contribution < -0.4 is 21.1 Å². The fourth-order valence-corrected chi connectivity index (χ4v) is 4.48. The maximum Gasteiger partial charge on any atom is 0.289 e. The van der Waals surface area contributed by atoms with Gasteiger partial charge in [0.15, 0.2) is 5.76 Å².